The number of rotatable bonds is 5. The minimum atomic E-state index is 1.01. The first-order valence-corrected chi connectivity index (χ1v) is 5.09. The van der Waals surface area contributed by atoms with Gasteiger partial charge in [-0.2, -0.15) is 0 Å². The van der Waals surface area contributed by atoms with Crippen LogP contribution in [0.3, 0.4) is 0 Å². The van der Waals surface area contributed by atoms with Crippen LogP contribution in [-0.4, -0.2) is 13.1 Å². The molecule has 0 aliphatic heterocycles. The Morgan fingerprint density at radius 2 is 1.91 bits per heavy atom. The van der Waals surface area contributed by atoms with E-state index in [1.165, 1.54) is 38.8 Å². The van der Waals surface area contributed by atoms with Gasteiger partial charge in [0.25, 0.3) is 0 Å². The molecule has 1 rings (SSSR count). The van der Waals surface area contributed by atoms with E-state index in [1.807, 2.05) is 0 Å². The summed E-state index contributed by atoms with van der Waals surface area (Å²) < 4.78 is 0. The van der Waals surface area contributed by atoms with Crippen molar-refractivity contribution in [2.24, 2.45) is 11.8 Å². The van der Waals surface area contributed by atoms with Gasteiger partial charge in [-0.1, -0.05) is 20.3 Å². The van der Waals surface area contributed by atoms with Gasteiger partial charge in [-0.3, -0.25) is 0 Å². The average molecular weight is 155 g/mol. The first kappa shape index (κ1) is 9.05. The molecule has 0 aromatic rings. The Bertz CT molecular complexity index is 99.0. The largest absolute Gasteiger partial charge is 0.316 e. The Balaban J connectivity index is 1.98. The second kappa shape index (κ2) is 4.76. The van der Waals surface area contributed by atoms with Gasteiger partial charge >= 0.3 is 0 Å². The van der Waals surface area contributed by atoms with Crippen molar-refractivity contribution < 1.29 is 0 Å². The van der Waals surface area contributed by atoms with E-state index in [-0.39, 0.29) is 0 Å². The highest BCUT2D eigenvalue weighted by atomic mass is 14.9. The predicted octanol–water partition coefficient (Wildman–Crippen LogP) is 2.42. The number of hydrogen-bond acceptors (Lipinski definition) is 1. The fourth-order valence-electron chi connectivity index (χ4n) is 1.91. The maximum atomic E-state index is 3.50. The Kier molecular flexibility index (Phi) is 3.92. The molecule has 0 saturated heterocycles. The molecular formula is C10H21N. The third-order valence-corrected chi connectivity index (χ3v) is 2.93. The smallest absolute Gasteiger partial charge is 0.00179 e. The highest BCUT2D eigenvalue weighted by Crippen LogP contribution is 2.35. The van der Waals surface area contributed by atoms with Crippen LogP contribution >= 0.6 is 0 Å². The van der Waals surface area contributed by atoms with Crippen molar-refractivity contribution in [3.05, 3.63) is 0 Å². The standard InChI is InChI=1S/C10H21N/c1-3-7-11-8-10-6-5-9(10)4-2/h9-11H,3-8H2,1-2H3. The summed E-state index contributed by atoms with van der Waals surface area (Å²) in [6.45, 7) is 7.01. The summed E-state index contributed by atoms with van der Waals surface area (Å²) in [5, 5.41) is 3.50. The summed E-state index contributed by atoms with van der Waals surface area (Å²) in [5.41, 5.74) is 0. The Hall–Kier alpha value is -0.0400. The predicted molar refractivity (Wildman–Crippen MR) is 49.7 cm³/mol. The molecule has 66 valence electrons. The van der Waals surface area contributed by atoms with Crippen LogP contribution in [0.1, 0.15) is 39.5 Å². The summed E-state index contributed by atoms with van der Waals surface area (Å²) in [5.74, 6) is 2.05. The van der Waals surface area contributed by atoms with Crippen LogP contribution in [0.2, 0.25) is 0 Å². The van der Waals surface area contributed by atoms with Crippen LogP contribution in [-0.2, 0) is 0 Å². The number of nitrogens with one attached hydrogen (secondary N) is 1. The third-order valence-electron chi connectivity index (χ3n) is 2.93. The van der Waals surface area contributed by atoms with Crippen molar-refractivity contribution >= 4 is 0 Å². The zero-order chi connectivity index (χ0) is 8.10. The molecule has 1 nitrogen and oxygen atoms in total. The second-order valence-corrected chi connectivity index (χ2v) is 3.71. The van der Waals surface area contributed by atoms with Gasteiger partial charge in [0.15, 0.2) is 0 Å². The normalized spacial score (nSPS) is 30.0. The van der Waals surface area contributed by atoms with Crippen molar-refractivity contribution in [3.8, 4) is 0 Å². The maximum Gasteiger partial charge on any atom is -0.00179 e. The molecule has 1 heteroatoms. The van der Waals surface area contributed by atoms with E-state index in [0.29, 0.717) is 0 Å². The summed E-state index contributed by atoms with van der Waals surface area (Å²) in [7, 11) is 0. The molecule has 0 amide bonds. The first-order valence-electron chi connectivity index (χ1n) is 5.09. The lowest BCUT2D eigenvalue weighted by Crippen LogP contribution is -2.35. The van der Waals surface area contributed by atoms with E-state index in [1.54, 1.807) is 0 Å². The Morgan fingerprint density at radius 1 is 1.18 bits per heavy atom. The van der Waals surface area contributed by atoms with Crippen LogP contribution in [0.4, 0.5) is 0 Å². The molecular weight excluding hydrogens is 134 g/mol. The fraction of sp³-hybridized carbons (Fsp3) is 1.00. The molecule has 1 aliphatic rings. The lowest BCUT2D eigenvalue weighted by atomic mass is 9.72. The zero-order valence-electron chi connectivity index (χ0n) is 7.90. The van der Waals surface area contributed by atoms with Crippen LogP contribution in [0.25, 0.3) is 0 Å². The van der Waals surface area contributed by atoms with Gasteiger partial charge in [0.2, 0.25) is 0 Å². The van der Waals surface area contributed by atoms with Crippen molar-refractivity contribution in [2.45, 2.75) is 39.5 Å². The molecule has 2 unspecified atom stereocenters. The van der Waals surface area contributed by atoms with E-state index < -0.39 is 0 Å². The van der Waals surface area contributed by atoms with Crippen LogP contribution in [0.15, 0.2) is 0 Å². The average Bonchev–Trinajstić information content (AvgIpc) is 1.97. The zero-order valence-corrected chi connectivity index (χ0v) is 7.90. The quantitative estimate of drug-likeness (QED) is 0.601. The van der Waals surface area contributed by atoms with E-state index in [2.05, 4.69) is 19.2 Å². The van der Waals surface area contributed by atoms with Gasteiger partial charge in [0, 0.05) is 0 Å². The molecule has 0 bridgehead atoms. The van der Waals surface area contributed by atoms with Gasteiger partial charge in [-0.05, 0) is 44.2 Å². The van der Waals surface area contributed by atoms with Gasteiger partial charge in [-0.25, -0.2) is 0 Å². The molecule has 1 N–H and O–H groups in total. The van der Waals surface area contributed by atoms with Gasteiger partial charge in [-0.15, -0.1) is 0 Å². The summed E-state index contributed by atoms with van der Waals surface area (Å²) >= 11 is 0. The molecule has 0 spiro atoms. The lowest BCUT2D eigenvalue weighted by molar-refractivity contribution is 0.166. The molecule has 0 aromatic carbocycles. The molecule has 0 radical (unpaired) electrons. The van der Waals surface area contributed by atoms with Crippen molar-refractivity contribution in [3.63, 3.8) is 0 Å². The first-order chi connectivity index (χ1) is 5.38. The molecule has 1 aliphatic carbocycles. The highest BCUT2D eigenvalue weighted by molar-refractivity contribution is 4.80. The monoisotopic (exact) mass is 155 g/mol. The van der Waals surface area contributed by atoms with Crippen LogP contribution in [0, 0.1) is 11.8 Å². The van der Waals surface area contributed by atoms with E-state index in [0.717, 1.165) is 11.8 Å². The topological polar surface area (TPSA) is 12.0 Å². The summed E-state index contributed by atoms with van der Waals surface area (Å²) in [4.78, 5) is 0. The SMILES string of the molecule is CCCNCC1CCC1CC. The van der Waals surface area contributed by atoms with Crippen molar-refractivity contribution in [2.75, 3.05) is 13.1 Å². The Morgan fingerprint density at radius 3 is 2.36 bits per heavy atom. The van der Waals surface area contributed by atoms with E-state index in [4.69, 9.17) is 0 Å². The molecule has 0 aromatic heterocycles. The van der Waals surface area contributed by atoms with Crippen LogP contribution < -0.4 is 5.32 Å². The second-order valence-electron chi connectivity index (χ2n) is 3.71. The van der Waals surface area contributed by atoms with Crippen molar-refractivity contribution in [1.82, 2.24) is 5.32 Å². The fourth-order valence-corrected chi connectivity index (χ4v) is 1.91. The minimum absolute atomic E-state index is 1.01. The van der Waals surface area contributed by atoms with Gasteiger partial charge < -0.3 is 5.32 Å². The summed E-state index contributed by atoms with van der Waals surface area (Å²) in [6.07, 6.45) is 5.60. The van der Waals surface area contributed by atoms with E-state index in [9.17, 15) is 0 Å². The van der Waals surface area contributed by atoms with Crippen LogP contribution in [0.5, 0.6) is 0 Å². The molecule has 2 atom stereocenters. The summed E-state index contributed by atoms with van der Waals surface area (Å²) in [6, 6.07) is 0. The number of hydrogen-bond donors (Lipinski definition) is 1. The minimum Gasteiger partial charge on any atom is -0.316 e. The van der Waals surface area contributed by atoms with Gasteiger partial charge in [0.1, 0.15) is 0 Å². The van der Waals surface area contributed by atoms with Gasteiger partial charge in [0.05, 0.1) is 0 Å². The molecule has 0 heterocycles. The Labute approximate surface area is 70.6 Å². The maximum absolute atomic E-state index is 3.50. The third kappa shape index (κ3) is 2.48. The van der Waals surface area contributed by atoms with Crippen molar-refractivity contribution in [1.29, 1.82) is 0 Å². The van der Waals surface area contributed by atoms with E-state index >= 15 is 0 Å². The highest BCUT2D eigenvalue weighted by Gasteiger charge is 2.28. The molecule has 1 saturated carbocycles. The molecule has 1 fully saturated rings. The lowest BCUT2D eigenvalue weighted by Gasteiger charge is -2.36. The molecule has 11 heavy (non-hydrogen) atoms.